The summed E-state index contributed by atoms with van der Waals surface area (Å²) in [5.74, 6) is 0.615. The molecule has 1 aliphatic carbocycles. The van der Waals surface area contributed by atoms with Gasteiger partial charge < -0.3 is 5.11 Å². The fourth-order valence-corrected chi connectivity index (χ4v) is 2.16. The van der Waals surface area contributed by atoms with E-state index < -0.39 is 5.97 Å². The van der Waals surface area contributed by atoms with Crippen LogP contribution in [0, 0.1) is 11.8 Å². The van der Waals surface area contributed by atoms with E-state index in [1.54, 1.807) is 6.92 Å². The predicted octanol–water partition coefficient (Wildman–Crippen LogP) is 3.23. The summed E-state index contributed by atoms with van der Waals surface area (Å²) in [6.07, 6.45) is 4.40. The Labute approximate surface area is 86.0 Å². The minimum absolute atomic E-state index is 0.579. The summed E-state index contributed by atoms with van der Waals surface area (Å²) in [6, 6.07) is 0. The van der Waals surface area contributed by atoms with Gasteiger partial charge in [0, 0.05) is 5.57 Å². The van der Waals surface area contributed by atoms with Crippen molar-refractivity contribution in [3.63, 3.8) is 0 Å². The van der Waals surface area contributed by atoms with Crippen molar-refractivity contribution in [2.75, 3.05) is 0 Å². The zero-order valence-electron chi connectivity index (χ0n) is 9.34. The van der Waals surface area contributed by atoms with Gasteiger partial charge in [-0.1, -0.05) is 19.4 Å². The van der Waals surface area contributed by atoms with Gasteiger partial charge >= 0.3 is 5.97 Å². The van der Waals surface area contributed by atoms with Crippen LogP contribution in [0.4, 0.5) is 0 Å². The second-order valence-corrected chi connectivity index (χ2v) is 4.63. The van der Waals surface area contributed by atoms with Gasteiger partial charge in [0.25, 0.3) is 0 Å². The first-order valence-corrected chi connectivity index (χ1v) is 5.44. The van der Waals surface area contributed by atoms with Gasteiger partial charge in [0.1, 0.15) is 0 Å². The molecular formula is C12H20O2. The van der Waals surface area contributed by atoms with Crippen molar-refractivity contribution in [3.8, 4) is 0 Å². The SMILES string of the molecule is C/C(C(=O)O)=C1/CCCC(C(C)C)C1. The van der Waals surface area contributed by atoms with Crippen LogP contribution < -0.4 is 0 Å². The van der Waals surface area contributed by atoms with Crippen LogP contribution in [-0.4, -0.2) is 11.1 Å². The number of carboxylic acids is 1. The molecule has 0 amide bonds. The number of aliphatic carboxylic acids is 1. The summed E-state index contributed by atoms with van der Waals surface area (Å²) in [6.45, 7) is 6.19. The second-order valence-electron chi connectivity index (χ2n) is 4.63. The predicted molar refractivity (Wildman–Crippen MR) is 57.1 cm³/mol. The van der Waals surface area contributed by atoms with Gasteiger partial charge in [-0.25, -0.2) is 4.79 Å². The minimum Gasteiger partial charge on any atom is -0.478 e. The lowest BCUT2D eigenvalue weighted by atomic mass is 9.78. The van der Waals surface area contributed by atoms with Crippen LogP contribution >= 0.6 is 0 Å². The van der Waals surface area contributed by atoms with Crippen molar-refractivity contribution in [1.29, 1.82) is 0 Å². The molecule has 1 rings (SSSR count). The van der Waals surface area contributed by atoms with Gasteiger partial charge in [0.05, 0.1) is 0 Å². The molecule has 80 valence electrons. The van der Waals surface area contributed by atoms with Gasteiger partial charge in [-0.3, -0.25) is 0 Å². The van der Waals surface area contributed by atoms with E-state index >= 15 is 0 Å². The summed E-state index contributed by atoms with van der Waals surface area (Å²) < 4.78 is 0. The molecule has 0 bridgehead atoms. The summed E-state index contributed by atoms with van der Waals surface area (Å²) in [7, 11) is 0. The number of carbonyl (C=O) groups is 1. The monoisotopic (exact) mass is 196 g/mol. The van der Waals surface area contributed by atoms with E-state index in [4.69, 9.17) is 5.11 Å². The lowest BCUT2D eigenvalue weighted by molar-refractivity contribution is -0.132. The highest BCUT2D eigenvalue weighted by Crippen LogP contribution is 2.34. The third kappa shape index (κ3) is 2.60. The fourth-order valence-electron chi connectivity index (χ4n) is 2.16. The zero-order chi connectivity index (χ0) is 10.7. The van der Waals surface area contributed by atoms with Crippen molar-refractivity contribution in [1.82, 2.24) is 0 Å². The Bertz CT molecular complexity index is 251. The van der Waals surface area contributed by atoms with E-state index in [0.717, 1.165) is 19.3 Å². The van der Waals surface area contributed by atoms with Crippen LogP contribution in [0.15, 0.2) is 11.1 Å². The first-order valence-electron chi connectivity index (χ1n) is 5.44. The Morgan fingerprint density at radius 2 is 2.14 bits per heavy atom. The van der Waals surface area contributed by atoms with Gasteiger partial charge in [-0.15, -0.1) is 0 Å². The summed E-state index contributed by atoms with van der Waals surface area (Å²) in [5.41, 5.74) is 1.75. The molecule has 2 heteroatoms. The van der Waals surface area contributed by atoms with Crippen molar-refractivity contribution >= 4 is 5.97 Å². The molecule has 1 fully saturated rings. The minimum atomic E-state index is -0.746. The quantitative estimate of drug-likeness (QED) is 0.688. The van der Waals surface area contributed by atoms with Crippen molar-refractivity contribution in [2.45, 2.75) is 46.5 Å². The molecule has 0 aromatic carbocycles. The smallest absolute Gasteiger partial charge is 0.331 e. The van der Waals surface area contributed by atoms with Crippen LogP contribution in [0.3, 0.4) is 0 Å². The van der Waals surface area contributed by atoms with E-state index in [-0.39, 0.29) is 0 Å². The van der Waals surface area contributed by atoms with Crippen LogP contribution in [0.5, 0.6) is 0 Å². The van der Waals surface area contributed by atoms with Gasteiger partial charge in [-0.2, -0.15) is 0 Å². The third-order valence-electron chi connectivity index (χ3n) is 3.36. The van der Waals surface area contributed by atoms with Crippen molar-refractivity contribution < 1.29 is 9.90 Å². The molecule has 0 spiro atoms. The fraction of sp³-hybridized carbons (Fsp3) is 0.750. The first kappa shape index (κ1) is 11.3. The highest BCUT2D eigenvalue weighted by molar-refractivity contribution is 5.86. The van der Waals surface area contributed by atoms with Crippen LogP contribution in [0.25, 0.3) is 0 Å². The number of hydrogen-bond donors (Lipinski definition) is 1. The Hall–Kier alpha value is -0.790. The average molecular weight is 196 g/mol. The van der Waals surface area contributed by atoms with Crippen molar-refractivity contribution in [2.24, 2.45) is 11.8 Å². The van der Waals surface area contributed by atoms with Gasteiger partial charge in [-0.05, 0) is 44.4 Å². The Kier molecular flexibility index (Phi) is 3.73. The standard InChI is InChI=1S/C12H20O2/c1-8(2)10-5-4-6-11(7-10)9(3)12(13)14/h8,10H,4-7H2,1-3H3,(H,13,14)/b11-9+. The number of carboxylic acid groups (broad SMARTS) is 1. The highest BCUT2D eigenvalue weighted by Gasteiger charge is 2.22. The molecule has 0 saturated heterocycles. The summed E-state index contributed by atoms with van der Waals surface area (Å²) in [5, 5.41) is 8.90. The van der Waals surface area contributed by atoms with Crippen LogP contribution in [0.1, 0.15) is 46.5 Å². The molecule has 1 atom stereocenters. The third-order valence-corrected chi connectivity index (χ3v) is 3.36. The maximum absolute atomic E-state index is 10.8. The lowest BCUT2D eigenvalue weighted by Gasteiger charge is -2.28. The number of rotatable bonds is 2. The number of hydrogen-bond acceptors (Lipinski definition) is 1. The van der Waals surface area contributed by atoms with Gasteiger partial charge in [0.2, 0.25) is 0 Å². The van der Waals surface area contributed by atoms with Crippen LogP contribution in [0.2, 0.25) is 0 Å². The van der Waals surface area contributed by atoms with E-state index in [1.807, 2.05) is 0 Å². The van der Waals surface area contributed by atoms with Gasteiger partial charge in [0.15, 0.2) is 0 Å². The maximum Gasteiger partial charge on any atom is 0.331 e. The molecule has 0 heterocycles. The second kappa shape index (κ2) is 4.63. The number of allylic oxidation sites excluding steroid dienone is 1. The first-order chi connectivity index (χ1) is 6.52. The molecule has 2 nitrogen and oxygen atoms in total. The Morgan fingerprint density at radius 1 is 1.50 bits per heavy atom. The molecule has 0 aromatic rings. The normalized spacial score (nSPS) is 26.4. The largest absolute Gasteiger partial charge is 0.478 e. The Morgan fingerprint density at radius 3 is 2.64 bits per heavy atom. The summed E-state index contributed by atoms with van der Waals surface area (Å²) >= 11 is 0. The highest BCUT2D eigenvalue weighted by atomic mass is 16.4. The molecule has 14 heavy (non-hydrogen) atoms. The molecule has 0 radical (unpaired) electrons. The molecule has 1 saturated carbocycles. The Balaban J connectivity index is 2.73. The summed E-state index contributed by atoms with van der Waals surface area (Å²) in [4.78, 5) is 10.8. The average Bonchev–Trinajstić information content (AvgIpc) is 2.16. The topological polar surface area (TPSA) is 37.3 Å². The molecular weight excluding hydrogens is 176 g/mol. The maximum atomic E-state index is 10.8. The lowest BCUT2D eigenvalue weighted by Crippen LogP contribution is -2.16. The molecule has 1 N–H and O–H groups in total. The molecule has 1 aliphatic rings. The van der Waals surface area contributed by atoms with Crippen molar-refractivity contribution in [3.05, 3.63) is 11.1 Å². The van der Waals surface area contributed by atoms with Crippen LogP contribution in [-0.2, 0) is 4.79 Å². The molecule has 0 aromatic heterocycles. The van der Waals surface area contributed by atoms with E-state index in [9.17, 15) is 4.79 Å². The zero-order valence-corrected chi connectivity index (χ0v) is 9.34. The van der Waals surface area contributed by atoms with E-state index in [0.29, 0.717) is 17.4 Å². The molecule has 1 unspecified atom stereocenters. The van der Waals surface area contributed by atoms with E-state index in [1.165, 1.54) is 12.0 Å². The molecule has 0 aliphatic heterocycles. The van der Waals surface area contributed by atoms with E-state index in [2.05, 4.69) is 13.8 Å².